The largest absolute Gasteiger partial charge is 0.478 e. The van der Waals surface area contributed by atoms with Crippen LogP contribution in [0, 0.1) is 31.1 Å². The van der Waals surface area contributed by atoms with Gasteiger partial charge in [0.1, 0.15) is 0 Å². The van der Waals surface area contributed by atoms with E-state index in [4.69, 9.17) is 6.42 Å². The molecule has 2 atom stereocenters. The van der Waals surface area contributed by atoms with E-state index in [1.807, 2.05) is 18.3 Å². The molecule has 1 saturated heterocycles. The number of aromatic amines is 1. The molecule has 158 valence electrons. The molecule has 2 heterocycles. The zero-order valence-corrected chi connectivity index (χ0v) is 17.9. The molecular formula is C27H28N2O2. The molecule has 0 amide bonds. The second kappa shape index (κ2) is 7.90. The molecule has 1 aliphatic heterocycles. The van der Waals surface area contributed by atoms with Crippen molar-refractivity contribution in [1.82, 2.24) is 9.88 Å². The summed E-state index contributed by atoms with van der Waals surface area (Å²) in [5, 5.41) is 10.5. The third-order valence-corrected chi connectivity index (χ3v) is 7.25. The molecule has 4 heteroatoms. The number of carboxylic acid groups (broad SMARTS) is 1. The number of aromatic nitrogens is 1. The normalized spacial score (nSPS) is 21.8. The summed E-state index contributed by atoms with van der Waals surface area (Å²) in [5.41, 5.74) is 6.05. The molecule has 5 rings (SSSR count). The summed E-state index contributed by atoms with van der Waals surface area (Å²) in [6.45, 7) is 3.94. The Bertz CT molecular complexity index is 1160. The second-order valence-electron chi connectivity index (χ2n) is 9.17. The first-order chi connectivity index (χ1) is 15.0. The molecule has 2 N–H and O–H groups in total. The number of likely N-dealkylation sites (tertiary alicyclic amines) is 1. The van der Waals surface area contributed by atoms with Crippen LogP contribution in [0.2, 0.25) is 0 Å². The molecule has 0 bridgehead atoms. The van der Waals surface area contributed by atoms with Gasteiger partial charge in [0.15, 0.2) is 0 Å². The lowest BCUT2D eigenvalue weighted by Gasteiger charge is -2.40. The van der Waals surface area contributed by atoms with Gasteiger partial charge in [-0.05, 0) is 91.9 Å². The van der Waals surface area contributed by atoms with Crippen molar-refractivity contribution >= 4 is 16.9 Å². The van der Waals surface area contributed by atoms with Crippen LogP contribution in [0.5, 0.6) is 0 Å². The number of H-pyrrole nitrogens is 1. The van der Waals surface area contributed by atoms with E-state index in [1.54, 1.807) is 12.1 Å². The van der Waals surface area contributed by atoms with Gasteiger partial charge in [-0.3, -0.25) is 4.90 Å². The molecule has 4 nitrogen and oxygen atoms in total. The number of hydrogen-bond donors (Lipinski definition) is 2. The monoisotopic (exact) mass is 412 g/mol. The number of benzene rings is 2. The highest BCUT2D eigenvalue weighted by Crippen LogP contribution is 2.47. The molecule has 1 saturated carbocycles. The minimum absolute atomic E-state index is 0.281. The van der Waals surface area contributed by atoms with Crippen LogP contribution in [-0.2, 0) is 6.54 Å². The summed E-state index contributed by atoms with van der Waals surface area (Å²) < 4.78 is 0. The number of aromatic carboxylic acids is 1. The SMILES string of the molecule is C#Cc1cc(C)c2[nH]ccc2c1CN1CCC(C2CC2)CC1c1ccc(C(=O)O)cc1. The van der Waals surface area contributed by atoms with Crippen LogP contribution in [0.25, 0.3) is 10.9 Å². The summed E-state index contributed by atoms with van der Waals surface area (Å²) in [4.78, 5) is 17.2. The second-order valence-corrected chi connectivity index (χ2v) is 9.17. The van der Waals surface area contributed by atoms with E-state index in [0.29, 0.717) is 5.56 Å². The van der Waals surface area contributed by atoms with Crippen LogP contribution >= 0.6 is 0 Å². The lowest BCUT2D eigenvalue weighted by Crippen LogP contribution is -2.37. The Kier molecular flexibility index (Phi) is 5.08. The zero-order valence-electron chi connectivity index (χ0n) is 17.9. The van der Waals surface area contributed by atoms with Gasteiger partial charge in [-0.15, -0.1) is 6.42 Å². The van der Waals surface area contributed by atoms with Gasteiger partial charge in [-0.25, -0.2) is 4.79 Å². The van der Waals surface area contributed by atoms with Gasteiger partial charge in [0.05, 0.1) is 5.56 Å². The van der Waals surface area contributed by atoms with Crippen LogP contribution < -0.4 is 0 Å². The molecule has 3 aromatic rings. The molecule has 31 heavy (non-hydrogen) atoms. The topological polar surface area (TPSA) is 56.3 Å². The minimum atomic E-state index is -0.879. The van der Waals surface area contributed by atoms with Gasteiger partial charge in [-0.2, -0.15) is 0 Å². The Labute approximate surface area is 183 Å². The number of hydrogen-bond acceptors (Lipinski definition) is 2. The number of terminal acetylenes is 1. The molecule has 2 unspecified atom stereocenters. The van der Waals surface area contributed by atoms with Crippen molar-refractivity contribution in [1.29, 1.82) is 0 Å². The Morgan fingerprint density at radius 1 is 1.19 bits per heavy atom. The number of aryl methyl sites for hydroxylation is 1. The lowest BCUT2D eigenvalue weighted by molar-refractivity contribution is 0.0696. The van der Waals surface area contributed by atoms with Gasteiger partial charge >= 0.3 is 5.97 Å². The van der Waals surface area contributed by atoms with Crippen LogP contribution in [-0.4, -0.2) is 27.5 Å². The molecule has 2 aliphatic rings. The van der Waals surface area contributed by atoms with E-state index in [9.17, 15) is 9.90 Å². The van der Waals surface area contributed by atoms with Gasteiger partial charge < -0.3 is 10.1 Å². The number of nitrogens with one attached hydrogen (secondary N) is 1. The maximum absolute atomic E-state index is 11.3. The maximum Gasteiger partial charge on any atom is 0.335 e. The molecule has 1 aromatic heterocycles. The molecule has 2 fully saturated rings. The smallest absolute Gasteiger partial charge is 0.335 e. The maximum atomic E-state index is 11.3. The summed E-state index contributed by atoms with van der Waals surface area (Å²) in [6.07, 6.45) is 13.0. The Hall–Kier alpha value is -3.03. The van der Waals surface area contributed by atoms with E-state index in [-0.39, 0.29) is 6.04 Å². The Balaban J connectivity index is 1.50. The number of rotatable bonds is 5. The number of carboxylic acids is 1. The van der Waals surface area contributed by atoms with Crippen molar-refractivity contribution in [2.24, 2.45) is 11.8 Å². The summed E-state index contributed by atoms with van der Waals surface area (Å²) in [6, 6.07) is 12.0. The van der Waals surface area contributed by atoms with Crippen LogP contribution in [0.3, 0.4) is 0 Å². The molecule has 0 spiro atoms. The average molecular weight is 413 g/mol. The molecular weight excluding hydrogens is 384 g/mol. The van der Waals surface area contributed by atoms with Crippen molar-refractivity contribution in [3.63, 3.8) is 0 Å². The highest BCUT2D eigenvalue weighted by atomic mass is 16.4. The summed E-state index contributed by atoms with van der Waals surface area (Å²) in [5.74, 6) is 3.67. The highest BCUT2D eigenvalue weighted by Gasteiger charge is 2.38. The van der Waals surface area contributed by atoms with Crippen LogP contribution in [0.15, 0.2) is 42.6 Å². The zero-order chi connectivity index (χ0) is 21.5. The molecule has 0 radical (unpaired) electrons. The minimum Gasteiger partial charge on any atom is -0.478 e. The predicted molar refractivity (Wildman–Crippen MR) is 123 cm³/mol. The summed E-state index contributed by atoms with van der Waals surface area (Å²) >= 11 is 0. The Morgan fingerprint density at radius 3 is 2.65 bits per heavy atom. The van der Waals surface area contributed by atoms with Gasteiger partial charge in [0, 0.05) is 35.2 Å². The number of fused-ring (bicyclic) bond motifs is 1. The predicted octanol–water partition coefficient (Wildman–Crippen LogP) is 5.52. The van der Waals surface area contributed by atoms with Crippen molar-refractivity contribution in [3.05, 3.63) is 70.4 Å². The first kappa shape index (κ1) is 19.9. The van der Waals surface area contributed by atoms with Crippen molar-refractivity contribution in [2.45, 2.75) is 45.2 Å². The number of piperidine rings is 1. The fraction of sp³-hybridized carbons (Fsp3) is 0.370. The first-order valence-corrected chi connectivity index (χ1v) is 11.2. The standard InChI is InChI=1S/C27H28N2O2/c1-3-18-14-17(2)26-23(10-12-28-26)24(18)16-29-13-11-22(19-4-5-19)15-25(29)20-6-8-21(9-7-20)27(30)31/h1,6-10,12,14,19,22,25,28H,4-5,11,13,15-16H2,2H3,(H,30,31). The molecule has 1 aliphatic carbocycles. The van der Waals surface area contributed by atoms with Gasteiger partial charge in [0.2, 0.25) is 0 Å². The van der Waals surface area contributed by atoms with E-state index in [0.717, 1.165) is 42.4 Å². The van der Waals surface area contributed by atoms with Gasteiger partial charge in [0.25, 0.3) is 0 Å². The van der Waals surface area contributed by atoms with Crippen molar-refractivity contribution in [2.75, 3.05) is 6.54 Å². The quantitative estimate of drug-likeness (QED) is 0.543. The van der Waals surface area contributed by atoms with Crippen LogP contribution in [0.4, 0.5) is 0 Å². The first-order valence-electron chi connectivity index (χ1n) is 11.2. The van der Waals surface area contributed by atoms with E-state index in [2.05, 4.69) is 34.9 Å². The lowest BCUT2D eigenvalue weighted by atomic mass is 9.83. The fourth-order valence-corrected chi connectivity index (χ4v) is 5.39. The summed E-state index contributed by atoms with van der Waals surface area (Å²) in [7, 11) is 0. The van der Waals surface area contributed by atoms with E-state index >= 15 is 0 Å². The number of nitrogens with zero attached hydrogens (tertiary/aromatic N) is 1. The van der Waals surface area contributed by atoms with Gasteiger partial charge in [-0.1, -0.05) is 18.1 Å². The van der Waals surface area contributed by atoms with Crippen LogP contribution in [0.1, 0.15) is 64.3 Å². The Morgan fingerprint density at radius 2 is 1.97 bits per heavy atom. The highest BCUT2D eigenvalue weighted by molar-refractivity contribution is 5.88. The average Bonchev–Trinajstić information content (AvgIpc) is 3.51. The fourth-order valence-electron chi connectivity index (χ4n) is 5.39. The van der Waals surface area contributed by atoms with E-state index < -0.39 is 5.97 Å². The van der Waals surface area contributed by atoms with Crippen molar-refractivity contribution in [3.8, 4) is 12.3 Å². The van der Waals surface area contributed by atoms with E-state index in [1.165, 1.54) is 41.3 Å². The van der Waals surface area contributed by atoms with Crippen molar-refractivity contribution < 1.29 is 9.90 Å². The number of carbonyl (C=O) groups is 1. The molecule has 2 aromatic carbocycles. The third kappa shape index (κ3) is 3.75. The third-order valence-electron chi connectivity index (χ3n) is 7.25.